The lowest BCUT2D eigenvalue weighted by Gasteiger charge is -2.21. The summed E-state index contributed by atoms with van der Waals surface area (Å²) in [5, 5.41) is 0. The van der Waals surface area contributed by atoms with Crippen molar-refractivity contribution in [3.05, 3.63) is 12.2 Å². The molecule has 0 aliphatic heterocycles. The van der Waals surface area contributed by atoms with Gasteiger partial charge in [0.1, 0.15) is 5.78 Å². The number of allylic oxidation sites excluding steroid dienone is 2. The van der Waals surface area contributed by atoms with Crippen LogP contribution in [-0.4, -0.2) is 24.1 Å². The van der Waals surface area contributed by atoms with Crippen LogP contribution in [0.2, 0.25) is 0 Å². The van der Waals surface area contributed by atoms with Gasteiger partial charge >= 0.3 is 5.97 Å². The fraction of sp³-hybridized carbons (Fsp3) is 0.583. The summed E-state index contributed by atoms with van der Waals surface area (Å²) in [5.41, 5.74) is 0. The highest BCUT2D eigenvalue weighted by atomic mass is 16.5. The summed E-state index contributed by atoms with van der Waals surface area (Å²) < 4.78 is 4.94. The SMILES string of the molecule is CCOC(=O)[C@H]1CC(=O)[C@@H]2CC(=O)C=C[C@H]12. The first-order chi connectivity index (χ1) is 7.63. The molecule has 86 valence electrons. The molecule has 16 heavy (non-hydrogen) atoms. The van der Waals surface area contributed by atoms with E-state index in [9.17, 15) is 14.4 Å². The molecule has 4 nitrogen and oxygen atoms in total. The number of ketones is 2. The molecule has 0 saturated heterocycles. The molecule has 0 aromatic carbocycles. The van der Waals surface area contributed by atoms with E-state index in [0.29, 0.717) is 6.61 Å². The van der Waals surface area contributed by atoms with Crippen molar-refractivity contribution in [3.8, 4) is 0 Å². The summed E-state index contributed by atoms with van der Waals surface area (Å²) in [7, 11) is 0. The molecule has 0 bridgehead atoms. The van der Waals surface area contributed by atoms with Crippen molar-refractivity contribution in [2.45, 2.75) is 19.8 Å². The second-order valence-corrected chi connectivity index (χ2v) is 4.24. The maximum absolute atomic E-state index is 11.7. The number of hydrogen-bond donors (Lipinski definition) is 0. The maximum Gasteiger partial charge on any atom is 0.309 e. The minimum atomic E-state index is -0.387. The summed E-state index contributed by atoms with van der Waals surface area (Å²) in [6.07, 6.45) is 3.64. The molecular formula is C12H14O4. The Morgan fingerprint density at radius 3 is 2.88 bits per heavy atom. The smallest absolute Gasteiger partial charge is 0.309 e. The van der Waals surface area contributed by atoms with Gasteiger partial charge in [-0.3, -0.25) is 14.4 Å². The fourth-order valence-electron chi connectivity index (χ4n) is 2.51. The lowest BCUT2D eigenvalue weighted by atomic mass is 9.82. The molecule has 2 aliphatic rings. The Morgan fingerprint density at radius 2 is 2.19 bits per heavy atom. The standard InChI is InChI=1S/C12H14O4/c1-2-16-12(15)10-6-11(14)9-5-7(13)3-4-8(9)10/h3-4,8-10H,2,5-6H2,1H3/t8-,9+,10-/m0/s1. The van der Waals surface area contributed by atoms with Crippen LogP contribution in [0.15, 0.2) is 12.2 Å². The highest BCUT2D eigenvalue weighted by Gasteiger charge is 2.47. The number of esters is 1. The van der Waals surface area contributed by atoms with E-state index < -0.39 is 0 Å². The van der Waals surface area contributed by atoms with E-state index in [1.807, 2.05) is 0 Å². The molecule has 3 atom stereocenters. The first-order valence-electron chi connectivity index (χ1n) is 5.54. The van der Waals surface area contributed by atoms with Crippen LogP contribution in [-0.2, 0) is 19.1 Å². The van der Waals surface area contributed by atoms with Crippen molar-refractivity contribution < 1.29 is 19.1 Å². The van der Waals surface area contributed by atoms with Gasteiger partial charge in [0.05, 0.1) is 12.5 Å². The molecular weight excluding hydrogens is 208 g/mol. The molecule has 4 heteroatoms. The molecule has 0 N–H and O–H groups in total. The van der Waals surface area contributed by atoms with E-state index in [0.717, 1.165) is 0 Å². The summed E-state index contributed by atoms with van der Waals surface area (Å²) >= 11 is 0. The predicted octanol–water partition coefficient (Wildman–Crippen LogP) is 0.900. The molecule has 0 spiro atoms. The Hall–Kier alpha value is -1.45. The van der Waals surface area contributed by atoms with Gasteiger partial charge in [-0.2, -0.15) is 0 Å². The number of rotatable bonds is 2. The van der Waals surface area contributed by atoms with Crippen LogP contribution in [0.25, 0.3) is 0 Å². The zero-order chi connectivity index (χ0) is 11.7. The van der Waals surface area contributed by atoms with Crippen LogP contribution < -0.4 is 0 Å². The number of Topliss-reactive ketones (excluding diaryl/α,β-unsaturated/α-hetero) is 1. The highest BCUT2D eigenvalue weighted by Crippen LogP contribution is 2.40. The van der Waals surface area contributed by atoms with Crippen LogP contribution in [0, 0.1) is 17.8 Å². The summed E-state index contributed by atoms with van der Waals surface area (Å²) in [6.45, 7) is 2.07. The molecule has 0 heterocycles. The van der Waals surface area contributed by atoms with E-state index in [4.69, 9.17) is 4.74 Å². The lowest BCUT2D eigenvalue weighted by Crippen LogP contribution is -2.27. The molecule has 2 aliphatic carbocycles. The largest absolute Gasteiger partial charge is 0.466 e. The van der Waals surface area contributed by atoms with Crippen molar-refractivity contribution in [1.82, 2.24) is 0 Å². The molecule has 0 radical (unpaired) electrons. The van der Waals surface area contributed by atoms with Crippen LogP contribution in [0.1, 0.15) is 19.8 Å². The zero-order valence-corrected chi connectivity index (χ0v) is 9.14. The van der Waals surface area contributed by atoms with Gasteiger partial charge in [0, 0.05) is 24.7 Å². The number of ether oxygens (including phenoxy) is 1. The molecule has 0 aromatic rings. The second-order valence-electron chi connectivity index (χ2n) is 4.24. The Kier molecular flexibility index (Phi) is 2.90. The zero-order valence-electron chi connectivity index (χ0n) is 9.14. The predicted molar refractivity (Wildman–Crippen MR) is 55.5 cm³/mol. The molecule has 1 fully saturated rings. The van der Waals surface area contributed by atoms with Gasteiger partial charge in [0.15, 0.2) is 5.78 Å². The summed E-state index contributed by atoms with van der Waals surface area (Å²) in [5.74, 6) is -1.15. The third-order valence-corrected chi connectivity index (χ3v) is 3.28. The van der Waals surface area contributed by atoms with E-state index >= 15 is 0 Å². The number of hydrogen-bond acceptors (Lipinski definition) is 4. The van der Waals surface area contributed by atoms with Gasteiger partial charge in [-0.05, 0) is 13.0 Å². The van der Waals surface area contributed by atoms with Gasteiger partial charge in [-0.25, -0.2) is 0 Å². The van der Waals surface area contributed by atoms with Gasteiger partial charge in [-0.1, -0.05) is 6.08 Å². The number of fused-ring (bicyclic) bond motifs is 1. The molecule has 0 amide bonds. The number of carbonyl (C=O) groups is 3. The topological polar surface area (TPSA) is 60.4 Å². The van der Waals surface area contributed by atoms with Crippen molar-refractivity contribution in [2.75, 3.05) is 6.61 Å². The Labute approximate surface area is 93.7 Å². The Bertz CT molecular complexity index is 369. The monoisotopic (exact) mass is 222 g/mol. The molecule has 2 rings (SSSR count). The summed E-state index contributed by atoms with van der Waals surface area (Å²) in [4.78, 5) is 34.5. The minimum Gasteiger partial charge on any atom is -0.466 e. The first-order valence-corrected chi connectivity index (χ1v) is 5.54. The van der Waals surface area contributed by atoms with Crippen molar-refractivity contribution in [2.24, 2.45) is 17.8 Å². The fourth-order valence-corrected chi connectivity index (χ4v) is 2.51. The van der Waals surface area contributed by atoms with Gasteiger partial charge in [-0.15, -0.1) is 0 Å². The Morgan fingerprint density at radius 1 is 1.44 bits per heavy atom. The minimum absolute atomic E-state index is 0.0146. The van der Waals surface area contributed by atoms with Crippen LogP contribution >= 0.6 is 0 Å². The average Bonchev–Trinajstić information content (AvgIpc) is 2.56. The van der Waals surface area contributed by atoms with Gasteiger partial charge in [0.2, 0.25) is 0 Å². The normalized spacial score (nSPS) is 32.7. The number of carbonyl (C=O) groups excluding carboxylic acids is 3. The summed E-state index contributed by atoms with van der Waals surface area (Å²) in [6, 6.07) is 0. The highest BCUT2D eigenvalue weighted by molar-refractivity contribution is 5.99. The van der Waals surface area contributed by atoms with E-state index in [-0.39, 0.29) is 48.1 Å². The first kappa shape index (κ1) is 11.0. The Balaban J connectivity index is 2.18. The molecule has 0 unspecified atom stereocenters. The molecule has 0 aromatic heterocycles. The van der Waals surface area contributed by atoms with Crippen LogP contribution in [0.5, 0.6) is 0 Å². The van der Waals surface area contributed by atoms with Gasteiger partial charge < -0.3 is 4.74 Å². The third kappa shape index (κ3) is 1.79. The average molecular weight is 222 g/mol. The third-order valence-electron chi connectivity index (χ3n) is 3.28. The maximum atomic E-state index is 11.7. The molecule has 1 saturated carbocycles. The quantitative estimate of drug-likeness (QED) is 0.651. The second kappa shape index (κ2) is 4.20. The van der Waals surface area contributed by atoms with Crippen molar-refractivity contribution >= 4 is 17.5 Å². The van der Waals surface area contributed by atoms with Crippen LogP contribution in [0.3, 0.4) is 0 Å². The lowest BCUT2D eigenvalue weighted by molar-refractivity contribution is -0.149. The van der Waals surface area contributed by atoms with Crippen LogP contribution in [0.4, 0.5) is 0 Å². The van der Waals surface area contributed by atoms with Crippen molar-refractivity contribution in [3.63, 3.8) is 0 Å². The van der Waals surface area contributed by atoms with Gasteiger partial charge in [0.25, 0.3) is 0 Å². The van der Waals surface area contributed by atoms with E-state index in [2.05, 4.69) is 0 Å². The van der Waals surface area contributed by atoms with E-state index in [1.165, 1.54) is 6.08 Å². The van der Waals surface area contributed by atoms with Crippen molar-refractivity contribution in [1.29, 1.82) is 0 Å². The van der Waals surface area contributed by atoms with E-state index in [1.54, 1.807) is 13.0 Å².